The number of halogens is 5. The predicted molar refractivity (Wildman–Crippen MR) is 110 cm³/mol. The van der Waals surface area contributed by atoms with Crippen molar-refractivity contribution in [1.82, 2.24) is 0 Å². The van der Waals surface area contributed by atoms with E-state index in [0.29, 0.717) is 34.4 Å². The maximum absolute atomic E-state index is 12.6. The van der Waals surface area contributed by atoms with Gasteiger partial charge in [-0.3, -0.25) is 0 Å². The maximum atomic E-state index is 12.6. The number of benzene rings is 2. The van der Waals surface area contributed by atoms with Gasteiger partial charge in [-0.25, -0.2) is 0 Å². The molecule has 0 spiro atoms. The summed E-state index contributed by atoms with van der Waals surface area (Å²) in [6.07, 6.45) is -4.75. The molecule has 0 aliphatic rings. The Hall–Kier alpha value is -1.25. The number of alkyl halides is 3. The first-order valence-corrected chi connectivity index (χ1v) is 12.1. The zero-order valence-corrected chi connectivity index (χ0v) is 18.6. The van der Waals surface area contributed by atoms with Crippen LogP contribution in [0.4, 0.5) is 13.2 Å². The lowest BCUT2D eigenvalue weighted by Crippen LogP contribution is -2.21. The Bertz CT molecular complexity index is 771. The van der Waals surface area contributed by atoms with Crippen molar-refractivity contribution in [2.75, 3.05) is 13.2 Å². The largest absolute Gasteiger partial charge is 0.489 e. The van der Waals surface area contributed by atoms with Crippen LogP contribution in [0.3, 0.4) is 0 Å². The molecule has 0 saturated heterocycles. The zero-order chi connectivity index (χ0) is 21.4. The fourth-order valence-corrected chi connectivity index (χ4v) is 3.33. The summed E-state index contributed by atoms with van der Waals surface area (Å²) in [5, 5.41) is 0.909. The molecule has 0 bridgehead atoms. The van der Waals surface area contributed by atoms with Crippen LogP contribution in [0.25, 0.3) is 0 Å². The minimum absolute atomic E-state index is 0.288. The van der Waals surface area contributed by atoms with Crippen LogP contribution < -0.4 is 4.74 Å². The Kier molecular flexibility index (Phi) is 9.30. The minimum atomic E-state index is -4.38. The molecular weight excluding hydrogens is 444 g/mol. The van der Waals surface area contributed by atoms with Gasteiger partial charge in [0.25, 0.3) is 0 Å². The summed E-state index contributed by atoms with van der Waals surface area (Å²) in [4.78, 5) is 0. The molecule has 29 heavy (non-hydrogen) atoms. The van der Waals surface area contributed by atoms with E-state index in [0.717, 1.165) is 5.56 Å². The molecule has 2 aromatic rings. The summed E-state index contributed by atoms with van der Waals surface area (Å²) in [6.45, 7) is 3.27. The predicted octanol–water partition coefficient (Wildman–Crippen LogP) is 6.85. The molecule has 0 aliphatic heterocycles. The summed E-state index contributed by atoms with van der Waals surface area (Å²) >= 11 is 11.9. The van der Waals surface area contributed by atoms with Crippen molar-refractivity contribution in [3.05, 3.63) is 63.6 Å². The monoisotopic (exact) mass is 465 g/mol. The van der Waals surface area contributed by atoms with Gasteiger partial charge in [-0.2, -0.15) is 13.2 Å². The van der Waals surface area contributed by atoms with Gasteiger partial charge in [0.05, 0.1) is 16.1 Å². The van der Waals surface area contributed by atoms with Crippen molar-refractivity contribution in [3.63, 3.8) is 0 Å². The molecule has 0 aliphatic carbocycles. The third kappa shape index (κ3) is 8.96. The van der Waals surface area contributed by atoms with E-state index in [1.165, 1.54) is 0 Å². The second-order valence-corrected chi connectivity index (χ2v) is 9.49. The van der Waals surface area contributed by atoms with Crippen molar-refractivity contribution in [2.45, 2.75) is 38.4 Å². The molecule has 159 valence electrons. The highest BCUT2D eigenvalue weighted by Crippen LogP contribution is 2.28. The van der Waals surface area contributed by atoms with E-state index in [1.54, 1.807) is 42.5 Å². The Morgan fingerprint density at radius 2 is 1.69 bits per heavy atom. The van der Waals surface area contributed by atoms with E-state index in [4.69, 9.17) is 37.1 Å². The van der Waals surface area contributed by atoms with Crippen LogP contribution in [0.1, 0.15) is 23.7 Å². The molecule has 2 rings (SSSR count). The van der Waals surface area contributed by atoms with E-state index in [1.807, 2.05) is 13.1 Å². The highest BCUT2D eigenvalue weighted by atomic mass is 35.5. The van der Waals surface area contributed by atoms with Crippen molar-refractivity contribution in [1.29, 1.82) is 0 Å². The molecule has 1 atom stereocenters. The lowest BCUT2D eigenvalue weighted by molar-refractivity contribution is -0.187. The Morgan fingerprint density at radius 1 is 1.00 bits per heavy atom. The standard InChI is InChI=1S/C20H22Cl2F3O3Si/c1-29(2)28-10-9-19(27-13-20(23,24)25)15-4-6-16(7-5-15)26-12-14-3-8-17(21)18(22)11-14/h3-8,11,19H,9-10,12-13H2,1-2H3. The molecule has 0 saturated carbocycles. The Labute approximate surface area is 180 Å². The van der Waals surface area contributed by atoms with Gasteiger partial charge < -0.3 is 13.9 Å². The number of ether oxygens (including phenoxy) is 2. The molecule has 1 radical (unpaired) electrons. The Balaban J connectivity index is 1.99. The summed E-state index contributed by atoms with van der Waals surface area (Å²) in [5.41, 5.74) is 1.49. The first-order chi connectivity index (χ1) is 13.6. The van der Waals surface area contributed by atoms with Gasteiger partial charge in [0.15, 0.2) is 0 Å². The van der Waals surface area contributed by atoms with Crippen molar-refractivity contribution >= 4 is 32.2 Å². The fraction of sp³-hybridized carbons (Fsp3) is 0.400. The summed E-state index contributed by atoms with van der Waals surface area (Å²) < 4.78 is 54.1. The minimum Gasteiger partial charge on any atom is -0.489 e. The Morgan fingerprint density at radius 3 is 2.28 bits per heavy atom. The number of hydrogen-bond acceptors (Lipinski definition) is 3. The van der Waals surface area contributed by atoms with E-state index in [-0.39, 0.29) is 6.61 Å². The SMILES string of the molecule is C[Si](C)OCCC(OCC(F)(F)F)c1ccc(OCc2ccc(Cl)c(Cl)c2)cc1. The highest BCUT2D eigenvalue weighted by Gasteiger charge is 2.29. The van der Waals surface area contributed by atoms with Crippen LogP contribution in [0.15, 0.2) is 42.5 Å². The molecule has 0 N–H and O–H groups in total. The third-order valence-electron chi connectivity index (χ3n) is 3.86. The van der Waals surface area contributed by atoms with Gasteiger partial charge in [-0.1, -0.05) is 41.4 Å². The average Bonchev–Trinajstić information content (AvgIpc) is 2.65. The fourth-order valence-electron chi connectivity index (χ4n) is 2.49. The molecule has 1 unspecified atom stereocenters. The van der Waals surface area contributed by atoms with Crippen molar-refractivity contribution in [2.24, 2.45) is 0 Å². The topological polar surface area (TPSA) is 27.7 Å². The van der Waals surface area contributed by atoms with Crippen LogP contribution in [-0.4, -0.2) is 28.4 Å². The molecule has 0 amide bonds. The van der Waals surface area contributed by atoms with E-state index < -0.39 is 27.9 Å². The van der Waals surface area contributed by atoms with Crippen molar-refractivity contribution < 1.29 is 27.1 Å². The second-order valence-electron chi connectivity index (χ2n) is 6.57. The zero-order valence-electron chi connectivity index (χ0n) is 16.1. The van der Waals surface area contributed by atoms with Crippen LogP contribution >= 0.6 is 23.2 Å². The van der Waals surface area contributed by atoms with Crippen LogP contribution in [0.2, 0.25) is 23.1 Å². The molecule has 0 aromatic heterocycles. The average molecular weight is 466 g/mol. The van der Waals surface area contributed by atoms with Gasteiger partial charge in [0.2, 0.25) is 9.04 Å². The van der Waals surface area contributed by atoms with Gasteiger partial charge in [0.1, 0.15) is 19.0 Å². The van der Waals surface area contributed by atoms with Crippen LogP contribution in [0.5, 0.6) is 5.75 Å². The van der Waals surface area contributed by atoms with E-state index >= 15 is 0 Å². The van der Waals surface area contributed by atoms with Gasteiger partial charge in [-0.15, -0.1) is 0 Å². The summed E-state index contributed by atoms with van der Waals surface area (Å²) in [7, 11) is -0.915. The lowest BCUT2D eigenvalue weighted by Gasteiger charge is -2.20. The van der Waals surface area contributed by atoms with Gasteiger partial charge in [-0.05, 0) is 54.9 Å². The molecule has 0 heterocycles. The normalized spacial score (nSPS) is 13.0. The van der Waals surface area contributed by atoms with E-state index in [2.05, 4.69) is 0 Å². The van der Waals surface area contributed by atoms with Crippen LogP contribution in [0, 0.1) is 0 Å². The first kappa shape index (κ1) is 24.0. The molecule has 9 heteroatoms. The molecule has 0 fully saturated rings. The molecule has 2 aromatic carbocycles. The first-order valence-electron chi connectivity index (χ1n) is 8.92. The lowest BCUT2D eigenvalue weighted by atomic mass is 10.1. The molecular formula is C20H22Cl2F3O3Si. The summed E-state index contributed by atoms with van der Waals surface area (Å²) in [5.74, 6) is 0.582. The molecule has 3 nitrogen and oxygen atoms in total. The maximum Gasteiger partial charge on any atom is 0.411 e. The third-order valence-corrected chi connectivity index (χ3v) is 5.38. The second kappa shape index (κ2) is 11.2. The smallest absolute Gasteiger partial charge is 0.411 e. The van der Waals surface area contributed by atoms with Gasteiger partial charge in [0, 0.05) is 6.61 Å². The van der Waals surface area contributed by atoms with Crippen LogP contribution in [-0.2, 0) is 15.8 Å². The number of rotatable bonds is 10. The summed E-state index contributed by atoms with van der Waals surface area (Å²) in [6, 6.07) is 12.0. The van der Waals surface area contributed by atoms with Crippen molar-refractivity contribution in [3.8, 4) is 5.75 Å². The highest BCUT2D eigenvalue weighted by molar-refractivity contribution is 6.48. The van der Waals surface area contributed by atoms with Gasteiger partial charge >= 0.3 is 6.18 Å². The number of hydrogen-bond donors (Lipinski definition) is 0. The van der Waals surface area contributed by atoms with E-state index in [9.17, 15) is 13.2 Å². The quantitative estimate of drug-likeness (QED) is 0.359.